The maximum atomic E-state index is 12.4. The van der Waals surface area contributed by atoms with E-state index in [9.17, 15) is 14.4 Å². The van der Waals surface area contributed by atoms with Crippen molar-refractivity contribution in [3.8, 4) is 11.5 Å². The van der Waals surface area contributed by atoms with Crippen LogP contribution in [0.5, 0.6) is 11.5 Å². The SMILES string of the molecule is COc1ccc(CNC(=O)CC[C@H]2NC(=O)c3ccccc3NC2=O)cc1OC. The summed E-state index contributed by atoms with van der Waals surface area (Å²) in [5, 5.41) is 8.21. The molecule has 29 heavy (non-hydrogen) atoms. The van der Waals surface area contributed by atoms with Gasteiger partial charge in [-0.1, -0.05) is 18.2 Å². The number of ether oxygens (including phenoxy) is 2. The summed E-state index contributed by atoms with van der Waals surface area (Å²) in [6, 6.07) is 11.4. The monoisotopic (exact) mass is 397 g/mol. The minimum Gasteiger partial charge on any atom is -0.493 e. The van der Waals surface area contributed by atoms with Crippen molar-refractivity contribution in [1.82, 2.24) is 10.6 Å². The third-order valence-corrected chi connectivity index (χ3v) is 4.65. The second-order valence-electron chi connectivity index (χ2n) is 6.57. The van der Waals surface area contributed by atoms with Gasteiger partial charge in [-0.25, -0.2) is 0 Å². The van der Waals surface area contributed by atoms with Crippen LogP contribution >= 0.6 is 0 Å². The van der Waals surface area contributed by atoms with Crippen LogP contribution in [0.4, 0.5) is 5.69 Å². The van der Waals surface area contributed by atoms with Crippen molar-refractivity contribution in [2.75, 3.05) is 19.5 Å². The zero-order valence-corrected chi connectivity index (χ0v) is 16.3. The Kier molecular flexibility index (Phi) is 6.33. The second kappa shape index (κ2) is 9.09. The average molecular weight is 397 g/mol. The van der Waals surface area contributed by atoms with Gasteiger partial charge in [0.15, 0.2) is 11.5 Å². The third-order valence-electron chi connectivity index (χ3n) is 4.65. The first-order valence-electron chi connectivity index (χ1n) is 9.20. The highest BCUT2D eigenvalue weighted by atomic mass is 16.5. The minimum atomic E-state index is -0.776. The molecular weight excluding hydrogens is 374 g/mol. The Labute approximate surface area is 168 Å². The van der Waals surface area contributed by atoms with Gasteiger partial charge in [0.05, 0.1) is 25.5 Å². The number of hydrogen-bond donors (Lipinski definition) is 3. The molecule has 152 valence electrons. The molecule has 1 atom stereocenters. The maximum Gasteiger partial charge on any atom is 0.254 e. The van der Waals surface area contributed by atoms with Crippen molar-refractivity contribution >= 4 is 23.4 Å². The molecule has 3 amide bonds. The van der Waals surface area contributed by atoms with Crippen LogP contribution in [-0.4, -0.2) is 38.0 Å². The number of fused-ring (bicyclic) bond motifs is 1. The van der Waals surface area contributed by atoms with Crippen LogP contribution in [0.1, 0.15) is 28.8 Å². The van der Waals surface area contributed by atoms with E-state index < -0.39 is 6.04 Å². The Morgan fingerprint density at radius 2 is 1.83 bits per heavy atom. The molecule has 1 aliphatic heterocycles. The molecule has 0 spiro atoms. The van der Waals surface area contributed by atoms with Gasteiger partial charge in [-0.05, 0) is 36.2 Å². The van der Waals surface area contributed by atoms with E-state index in [1.54, 1.807) is 50.6 Å². The summed E-state index contributed by atoms with van der Waals surface area (Å²) in [4.78, 5) is 36.9. The average Bonchev–Trinajstić information content (AvgIpc) is 2.86. The molecule has 0 radical (unpaired) electrons. The normalized spacial score (nSPS) is 15.4. The summed E-state index contributed by atoms with van der Waals surface area (Å²) in [7, 11) is 3.10. The molecule has 0 saturated carbocycles. The molecule has 3 rings (SSSR count). The van der Waals surface area contributed by atoms with E-state index in [4.69, 9.17) is 9.47 Å². The molecule has 0 aliphatic carbocycles. The molecule has 2 aromatic rings. The molecule has 8 nitrogen and oxygen atoms in total. The highest BCUT2D eigenvalue weighted by Crippen LogP contribution is 2.27. The van der Waals surface area contributed by atoms with Crippen LogP contribution in [-0.2, 0) is 16.1 Å². The summed E-state index contributed by atoms with van der Waals surface area (Å²) in [5.41, 5.74) is 1.73. The van der Waals surface area contributed by atoms with E-state index in [-0.39, 0.29) is 30.6 Å². The van der Waals surface area contributed by atoms with E-state index in [0.717, 1.165) is 5.56 Å². The van der Waals surface area contributed by atoms with Crippen molar-refractivity contribution < 1.29 is 23.9 Å². The molecule has 1 heterocycles. The van der Waals surface area contributed by atoms with Crippen molar-refractivity contribution in [2.24, 2.45) is 0 Å². The van der Waals surface area contributed by atoms with Gasteiger partial charge in [0.2, 0.25) is 11.8 Å². The molecule has 0 fully saturated rings. The number of para-hydroxylation sites is 1. The minimum absolute atomic E-state index is 0.0992. The van der Waals surface area contributed by atoms with Gasteiger partial charge < -0.3 is 25.4 Å². The van der Waals surface area contributed by atoms with Crippen LogP contribution < -0.4 is 25.4 Å². The second-order valence-corrected chi connectivity index (χ2v) is 6.57. The van der Waals surface area contributed by atoms with Crippen molar-refractivity contribution in [2.45, 2.75) is 25.4 Å². The Morgan fingerprint density at radius 1 is 1.07 bits per heavy atom. The number of rotatable bonds is 7. The van der Waals surface area contributed by atoms with E-state index >= 15 is 0 Å². The van der Waals surface area contributed by atoms with Crippen molar-refractivity contribution in [1.29, 1.82) is 0 Å². The number of benzene rings is 2. The predicted molar refractivity (Wildman–Crippen MR) is 107 cm³/mol. The number of carbonyl (C=O) groups is 3. The number of methoxy groups -OCH3 is 2. The number of hydrogen-bond acceptors (Lipinski definition) is 5. The third kappa shape index (κ3) is 4.84. The molecule has 0 aromatic heterocycles. The fourth-order valence-electron chi connectivity index (χ4n) is 3.07. The molecular formula is C21H23N3O5. The summed E-state index contributed by atoms with van der Waals surface area (Å²) >= 11 is 0. The Bertz CT molecular complexity index is 928. The van der Waals surface area contributed by atoms with E-state index in [1.807, 2.05) is 6.07 Å². The van der Waals surface area contributed by atoms with Gasteiger partial charge in [0, 0.05) is 13.0 Å². The molecule has 8 heteroatoms. The van der Waals surface area contributed by atoms with Crippen LogP contribution in [0.2, 0.25) is 0 Å². The lowest BCUT2D eigenvalue weighted by Crippen LogP contribution is -2.42. The first-order valence-corrected chi connectivity index (χ1v) is 9.20. The smallest absolute Gasteiger partial charge is 0.254 e. The van der Waals surface area contributed by atoms with Gasteiger partial charge >= 0.3 is 0 Å². The molecule has 1 aliphatic rings. The van der Waals surface area contributed by atoms with Gasteiger partial charge in [-0.2, -0.15) is 0 Å². The number of carbonyl (C=O) groups excluding carboxylic acids is 3. The molecule has 0 bridgehead atoms. The van der Waals surface area contributed by atoms with Crippen LogP contribution in [0.3, 0.4) is 0 Å². The zero-order chi connectivity index (χ0) is 20.8. The van der Waals surface area contributed by atoms with Crippen molar-refractivity contribution in [3.05, 3.63) is 53.6 Å². The lowest BCUT2D eigenvalue weighted by molar-refractivity contribution is -0.122. The Hall–Kier alpha value is -3.55. The number of nitrogens with one attached hydrogen (secondary N) is 3. The van der Waals surface area contributed by atoms with Crippen molar-refractivity contribution in [3.63, 3.8) is 0 Å². The molecule has 0 saturated heterocycles. The lowest BCUT2D eigenvalue weighted by Gasteiger charge is -2.14. The molecule has 0 unspecified atom stereocenters. The zero-order valence-electron chi connectivity index (χ0n) is 16.3. The standard InChI is InChI=1S/C21H23N3O5/c1-28-17-9-7-13(11-18(17)29-2)12-22-19(25)10-8-16-21(27)23-15-6-4-3-5-14(15)20(26)24-16/h3-7,9,11,16H,8,10,12H2,1-2H3,(H,22,25)(H,23,27)(H,24,26)/t16-/m1/s1. The quantitative estimate of drug-likeness (QED) is 0.661. The number of amides is 3. The molecule has 3 N–H and O–H groups in total. The highest BCUT2D eigenvalue weighted by molar-refractivity contribution is 6.09. The van der Waals surface area contributed by atoms with E-state index in [2.05, 4.69) is 16.0 Å². The summed E-state index contributed by atoms with van der Waals surface area (Å²) in [5.74, 6) is 0.296. The van der Waals surface area contributed by atoms with Gasteiger partial charge in [0.25, 0.3) is 5.91 Å². The predicted octanol–water partition coefficient (Wildman–Crippen LogP) is 1.85. The van der Waals surface area contributed by atoms with Crippen LogP contribution in [0, 0.1) is 0 Å². The summed E-state index contributed by atoms with van der Waals surface area (Å²) < 4.78 is 10.4. The van der Waals surface area contributed by atoms with Gasteiger partial charge in [-0.15, -0.1) is 0 Å². The Morgan fingerprint density at radius 3 is 2.59 bits per heavy atom. The van der Waals surface area contributed by atoms with E-state index in [1.165, 1.54) is 0 Å². The molecule has 2 aromatic carbocycles. The van der Waals surface area contributed by atoms with Gasteiger partial charge in [-0.3, -0.25) is 14.4 Å². The fraction of sp³-hybridized carbons (Fsp3) is 0.286. The largest absolute Gasteiger partial charge is 0.493 e. The van der Waals surface area contributed by atoms with Crippen LogP contribution in [0.25, 0.3) is 0 Å². The summed E-state index contributed by atoms with van der Waals surface area (Å²) in [6.45, 7) is 0.313. The topological polar surface area (TPSA) is 106 Å². The first kappa shape index (κ1) is 20.2. The first-order chi connectivity index (χ1) is 14.0. The van der Waals surface area contributed by atoms with Crippen LogP contribution in [0.15, 0.2) is 42.5 Å². The van der Waals surface area contributed by atoms with Gasteiger partial charge in [0.1, 0.15) is 6.04 Å². The Balaban J connectivity index is 1.53. The lowest BCUT2D eigenvalue weighted by atomic mass is 10.1. The fourth-order valence-corrected chi connectivity index (χ4v) is 3.07. The summed E-state index contributed by atoms with van der Waals surface area (Å²) in [6.07, 6.45) is 0.297. The van der Waals surface area contributed by atoms with E-state index in [0.29, 0.717) is 29.3 Å². The number of anilines is 1. The highest BCUT2D eigenvalue weighted by Gasteiger charge is 2.27. The maximum absolute atomic E-state index is 12.4.